The topological polar surface area (TPSA) is 69.2 Å². The van der Waals surface area contributed by atoms with Crippen LogP contribution >= 0.6 is 0 Å². The summed E-state index contributed by atoms with van der Waals surface area (Å²) >= 11 is 0. The Hall–Kier alpha value is -2.07. The largest absolute Gasteiger partial charge is 0.380 e. The molecule has 1 unspecified atom stereocenters. The van der Waals surface area contributed by atoms with E-state index in [0.29, 0.717) is 12.1 Å². The van der Waals surface area contributed by atoms with Crippen LogP contribution in [-0.2, 0) is 4.84 Å². The van der Waals surface area contributed by atoms with Gasteiger partial charge in [-0.3, -0.25) is 0 Å². The molecule has 0 radical (unpaired) electrons. The quantitative estimate of drug-likeness (QED) is 0.497. The molecule has 4 nitrogen and oxygen atoms in total. The van der Waals surface area contributed by atoms with Crippen LogP contribution in [0.3, 0.4) is 0 Å². The molecule has 0 aromatic heterocycles. The summed E-state index contributed by atoms with van der Waals surface area (Å²) in [6.07, 6.45) is 7.72. The molecule has 1 rings (SSSR count). The number of hydrogen-bond donors (Lipinski definition) is 0. The summed E-state index contributed by atoms with van der Waals surface area (Å²) in [5.41, 5.74) is 0.685. The van der Waals surface area contributed by atoms with E-state index < -0.39 is 0 Å². The van der Waals surface area contributed by atoms with Crippen LogP contribution in [0.4, 0.5) is 0 Å². The summed E-state index contributed by atoms with van der Waals surface area (Å²) in [7, 11) is 0. The fourth-order valence-corrected chi connectivity index (χ4v) is 1.08. The molecule has 70 valence electrons. The van der Waals surface area contributed by atoms with Crippen molar-refractivity contribution in [2.45, 2.75) is 6.42 Å². The van der Waals surface area contributed by atoms with Gasteiger partial charge in [-0.1, -0.05) is 23.4 Å². The van der Waals surface area contributed by atoms with Gasteiger partial charge in [-0.2, -0.15) is 10.5 Å². The van der Waals surface area contributed by atoms with Gasteiger partial charge in [0.2, 0.25) is 6.61 Å². The van der Waals surface area contributed by atoms with Gasteiger partial charge in [0.1, 0.15) is 6.07 Å². The third-order valence-electron chi connectivity index (χ3n) is 1.71. The minimum atomic E-state index is -0.0691. The maximum absolute atomic E-state index is 8.55. The van der Waals surface area contributed by atoms with Gasteiger partial charge in [0, 0.05) is 12.3 Å². The second-order valence-electron chi connectivity index (χ2n) is 2.66. The van der Waals surface area contributed by atoms with E-state index in [1.165, 1.54) is 0 Å². The lowest BCUT2D eigenvalue weighted by Gasteiger charge is -2.10. The van der Waals surface area contributed by atoms with Gasteiger partial charge in [-0.25, -0.2) is 0 Å². The second kappa shape index (κ2) is 5.55. The summed E-state index contributed by atoms with van der Waals surface area (Å²) < 4.78 is 0. The highest BCUT2D eigenvalue weighted by Crippen LogP contribution is 2.13. The van der Waals surface area contributed by atoms with Crippen molar-refractivity contribution in [1.82, 2.24) is 0 Å². The molecule has 0 saturated heterocycles. The van der Waals surface area contributed by atoms with E-state index in [1.54, 1.807) is 6.08 Å². The van der Waals surface area contributed by atoms with Crippen molar-refractivity contribution < 1.29 is 4.84 Å². The molecule has 0 amide bonds. The minimum Gasteiger partial charge on any atom is -0.380 e. The zero-order chi connectivity index (χ0) is 10.2. The van der Waals surface area contributed by atoms with Gasteiger partial charge >= 0.3 is 0 Å². The van der Waals surface area contributed by atoms with Gasteiger partial charge in [0.15, 0.2) is 0 Å². The molecule has 0 aliphatic heterocycles. The average Bonchev–Trinajstić information content (AvgIpc) is 2.21. The van der Waals surface area contributed by atoms with Crippen LogP contribution in [0.1, 0.15) is 6.42 Å². The first-order valence-corrected chi connectivity index (χ1v) is 4.17. The van der Waals surface area contributed by atoms with E-state index in [2.05, 4.69) is 11.2 Å². The van der Waals surface area contributed by atoms with E-state index >= 15 is 0 Å². The van der Waals surface area contributed by atoms with Gasteiger partial charge in [-0.15, -0.1) is 0 Å². The van der Waals surface area contributed by atoms with Crippen molar-refractivity contribution in [3.05, 3.63) is 24.3 Å². The number of rotatable bonds is 3. The predicted octanol–water partition coefficient (Wildman–Crippen LogP) is 1.54. The predicted molar refractivity (Wildman–Crippen MR) is 51.0 cm³/mol. The van der Waals surface area contributed by atoms with Crippen LogP contribution in [0.25, 0.3) is 0 Å². The molecule has 1 atom stereocenters. The normalized spacial score (nSPS) is 21.6. The van der Waals surface area contributed by atoms with Crippen molar-refractivity contribution in [3.8, 4) is 12.1 Å². The molecule has 0 aromatic rings. The summed E-state index contributed by atoms with van der Waals surface area (Å²) in [5.74, 6) is -0.0244. The molecule has 0 heterocycles. The molecule has 14 heavy (non-hydrogen) atoms. The van der Waals surface area contributed by atoms with E-state index in [-0.39, 0.29) is 12.5 Å². The molecule has 0 aromatic carbocycles. The molecule has 0 spiro atoms. The Labute approximate surface area is 82.4 Å². The van der Waals surface area contributed by atoms with Gasteiger partial charge in [0.25, 0.3) is 0 Å². The first-order chi connectivity index (χ1) is 6.88. The van der Waals surface area contributed by atoms with E-state index in [9.17, 15) is 0 Å². The smallest absolute Gasteiger partial charge is 0.202 e. The SMILES string of the molecule is N#CCON=C1C=CC=CC1CC#N. The van der Waals surface area contributed by atoms with Crippen LogP contribution in [0.5, 0.6) is 0 Å². The van der Waals surface area contributed by atoms with Crippen molar-refractivity contribution in [3.63, 3.8) is 0 Å². The highest BCUT2D eigenvalue weighted by molar-refractivity contribution is 5.99. The molecule has 0 fully saturated rings. The molecule has 1 aliphatic rings. The Morgan fingerprint density at radius 2 is 2.21 bits per heavy atom. The second-order valence-corrected chi connectivity index (χ2v) is 2.66. The van der Waals surface area contributed by atoms with Gasteiger partial charge < -0.3 is 4.84 Å². The molecule has 0 bridgehead atoms. The molecule has 4 heteroatoms. The molecule has 0 saturated carbocycles. The highest BCUT2D eigenvalue weighted by Gasteiger charge is 2.12. The first kappa shape index (κ1) is 10.0. The van der Waals surface area contributed by atoms with E-state index in [1.807, 2.05) is 24.3 Å². The standard InChI is InChI=1S/C10H9N3O/c11-6-5-9-3-1-2-4-10(9)13-14-8-7-12/h1-4,9H,5,8H2. The van der Waals surface area contributed by atoms with Gasteiger partial charge in [-0.05, 0) is 6.08 Å². The number of nitrogens with zero attached hydrogens (tertiary/aromatic N) is 3. The number of allylic oxidation sites excluding steroid dienone is 4. The first-order valence-electron chi connectivity index (χ1n) is 4.17. The lowest BCUT2D eigenvalue weighted by molar-refractivity contribution is 0.177. The molecule has 1 aliphatic carbocycles. The zero-order valence-corrected chi connectivity index (χ0v) is 7.55. The van der Waals surface area contributed by atoms with Crippen LogP contribution in [0, 0.1) is 28.6 Å². The highest BCUT2D eigenvalue weighted by atomic mass is 16.6. The van der Waals surface area contributed by atoms with E-state index in [0.717, 1.165) is 0 Å². The number of hydrogen-bond acceptors (Lipinski definition) is 4. The monoisotopic (exact) mass is 187 g/mol. The maximum Gasteiger partial charge on any atom is 0.202 e. The lowest BCUT2D eigenvalue weighted by atomic mass is 9.96. The third kappa shape index (κ3) is 2.76. The third-order valence-corrected chi connectivity index (χ3v) is 1.71. The fourth-order valence-electron chi connectivity index (χ4n) is 1.08. The number of nitriles is 2. The summed E-state index contributed by atoms with van der Waals surface area (Å²) in [5, 5.41) is 20.6. The Kier molecular flexibility index (Phi) is 3.97. The summed E-state index contributed by atoms with van der Waals surface area (Å²) in [4.78, 5) is 4.73. The average molecular weight is 187 g/mol. The van der Waals surface area contributed by atoms with Crippen molar-refractivity contribution in [2.24, 2.45) is 11.1 Å². The van der Waals surface area contributed by atoms with Crippen molar-refractivity contribution >= 4 is 5.71 Å². The summed E-state index contributed by atoms with van der Waals surface area (Å²) in [6.45, 7) is -0.0691. The summed E-state index contributed by atoms with van der Waals surface area (Å²) in [6, 6.07) is 3.89. The van der Waals surface area contributed by atoms with Crippen molar-refractivity contribution in [2.75, 3.05) is 6.61 Å². The fraction of sp³-hybridized carbons (Fsp3) is 0.300. The van der Waals surface area contributed by atoms with Crippen molar-refractivity contribution in [1.29, 1.82) is 10.5 Å². The Morgan fingerprint density at radius 1 is 1.36 bits per heavy atom. The minimum absolute atomic E-state index is 0.0244. The van der Waals surface area contributed by atoms with Crippen LogP contribution in [0.2, 0.25) is 0 Å². The Balaban J connectivity index is 2.62. The van der Waals surface area contributed by atoms with E-state index in [4.69, 9.17) is 15.4 Å². The van der Waals surface area contributed by atoms with Crippen LogP contribution in [0.15, 0.2) is 29.5 Å². The zero-order valence-electron chi connectivity index (χ0n) is 7.55. The van der Waals surface area contributed by atoms with Crippen LogP contribution < -0.4 is 0 Å². The van der Waals surface area contributed by atoms with Gasteiger partial charge in [0.05, 0.1) is 11.8 Å². The Bertz CT molecular complexity index is 355. The van der Waals surface area contributed by atoms with Crippen LogP contribution in [-0.4, -0.2) is 12.3 Å². The maximum atomic E-state index is 8.55. The lowest BCUT2D eigenvalue weighted by Crippen LogP contribution is -2.12. The number of oxime groups is 1. The molecular weight excluding hydrogens is 178 g/mol. The molecular formula is C10H9N3O. The Morgan fingerprint density at radius 3 is 2.93 bits per heavy atom. The molecule has 0 N–H and O–H groups in total.